The summed E-state index contributed by atoms with van der Waals surface area (Å²) in [6.45, 7) is 3.05. The van der Waals surface area contributed by atoms with E-state index in [2.05, 4.69) is 15.2 Å². The highest BCUT2D eigenvalue weighted by atomic mass is 16.5. The molecular formula is C19H22N4O3. The molecule has 0 spiro atoms. The number of carbonyl (C=O) groups is 2. The van der Waals surface area contributed by atoms with Gasteiger partial charge in [-0.2, -0.15) is 0 Å². The minimum absolute atomic E-state index is 0.0362. The number of esters is 1. The van der Waals surface area contributed by atoms with Crippen molar-refractivity contribution in [3.63, 3.8) is 0 Å². The van der Waals surface area contributed by atoms with Crippen molar-refractivity contribution in [2.75, 3.05) is 50.1 Å². The predicted octanol–water partition coefficient (Wildman–Crippen LogP) is 1.63. The number of anilines is 2. The van der Waals surface area contributed by atoms with E-state index in [9.17, 15) is 9.59 Å². The van der Waals surface area contributed by atoms with E-state index in [0.29, 0.717) is 24.3 Å². The normalized spacial score (nSPS) is 14.0. The van der Waals surface area contributed by atoms with Crippen LogP contribution in [0.2, 0.25) is 0 Å². The van der Waals surface area contributed by atoms with Crippen molar-refractivity contribution in [1.82, 2.24) is 9.88 Å². The summed E-state index contributed by atoms with van der Waals surface area (Å²) in [5.41, 5.74) is 1.17. The van der Waals surface area contributed by atoms with Crippen molar-refractivity contribution >= 4 is 23.4 Å². The van der Waals surface area contributed by atoms with Crippen LogP contribution >= 0.6 is 0 Å². The highest BCUT2D eigenvalue weighted by Crippen LogP contribution is 2.14. The summed E-state index contributed by atoms with van der Waals surface area (Å²) in [4.78, 5) is 32.4. The molecule has 0 radical (unpaired) electrons. The van der Waals surface area contributed by atoms with Crippen LogP contribution < -0.4 is 10.2 Å². The van der Waals surface area contributed by atoms with Gasteiger partial charge in [0.1, 0.15) is 5.82 Å². The first-order chi connectivity index (χ1) is 12.7. The fourth-order valence-corrected chi connectivity index (χ4v) is 2.89. The molecule has 136 valence electrons. The molecule has 2 aromatic rings. The number of nitrogens with one attached hydrogen (secondary N) is 1. The van der Waals surface area contributed by atoms with Crippen LogP contribution in [-0.2, 0) is 9.53 Å². The Morgan fingerprint density at radius 3 is 2.62 bits per heavy atom. The minimum Gasteiger partial charge on any atom is -0.465 e. The molecule has 1 aliphatic heterocycles. The lowest BCUT2D eigenvalue weighted by Crippen LogP contribution is -2.50. The van der Waals surface area contributed by atoms with Crippen molar-refractivity contribution in [3.8, 4) is 0 Å². The summed E-state index contributed by atoms with van der Waals surface area (Å²) in [5, 5.41) is 3.08. The maximum absolute atomic E-state index is 12.4. The summed E-state index contributed by atoms with van der Waals surface area (Å²) < 4.78 is 4.71. The molecule has 3 rings (SSSR count). The number of hydrogen-bond acceptors (Lipinski definition) is 6. The maximum atomic E-state index is 12.4. The van der Waals surface area contributed by atoms with Crippen molar-refractivity contribution in [2.24, 2.45) is 0 Å². The molecule has 1 aliphatic rings. The van der Waals surface area contributed by atoms with Crippen LogP contribution in [0.3, 0.4) is 0 Å². The van der Waals surface area contributed by atoms with Gasteiger partial charge >= 0.3 is 5.97 Å². The zero-order valence-electron chi connectivity index (χ0n) is 14.7. The number of piperazine rings is 1. The molecule has 0 atom stereocenters. The van der Waals surface area contributed by atoms with Crippen molar-refractivity contribution in [1.29, 1.82) is 0 Å². The molecule has 7 heteroatoms. The van der Waals surface area contributed by atoms with Crippen molar-refractivity contribution < 1.29 is 14.3 Å². The van der Waals surface area contributed by atoms with Gasteiger partial charge in [0.2, 0.25) is 5.91 Å². The monoisotopic (exact) mass is 354 g/mol. The third-order valence-electron chi connectivity index (χ3n) is 4.33. The smallest absolute Gasteiger partial charge is 0.337 e. The second-order valence-corrected chi connectivity index (χ2v) is 5.98. The highest BCUT2D eigenvalue weighted by Gasteiger charge is 2.21. The van der Waals surface area contributed by atoms with Crippen LogP contribution in [0.5, 0.6) is 0 Å². The van der Waals surface area contributed by atoms with E-state index in [1.54, 1.807) is 24.4 Å². The fraction of sp³-hybridized carbons (Fsp3) is 0.316. The molecule has 1 amide bonds. The lowest BCUT2D eigenvalue weighted by Gasteiger charge is -2.35. The number of rotatable bonds is 5. The van der Waals surface area contributed by atoms with E-state index >= 15 is 0 Å². The molecule has 26 heavy (non-hydrogen) atoms. The number of methoxy groups -OCH3 is 1. The van der Waals surface area contributed by atoms with Crippen molar-refractivity contribution in [2.45, 2.75) is 0 Å². The molecule has 1 saturated heterocycles. The molecule has 0 unspecified atom stereocenters. The molecule has 0 saturated carbocycles. The van der Waals surface area contributed by atoms with Gasteiger partial charge in [-0.3, -0.25) is 4.79 Å². The number of pyridine rings is 1. The molecule has 7 nitrogen and oxygen atoms in total. The number of ether oxygens (including phenoxy) is 1. The number of benzene rings is 1. The Morgan fingerprint density at radius 1 is 1.12 bits per heavy atom. The van der Waals surface area contributed by atoms with Gasteiger partial charge in [0, 0.05) is 38.1 Å². The van der Waals surface area contributed by atoms with E-state index in [1.165, 1.54) is 7.11 Å². The average Bonchev–Trinajstić information content (AvgIpc) is 2.72. The standard InChI is InChI=1S/C19H22N4O3/c1-26-19(25)15-5-4-6-16(13-15)21-14-18(24)23-11-9-22(10-12-23)17-7-2-3-8-20-17/h2-8,13,21H,9-12,14H2,1H3. The lowest BCUT2D eigenvalue weighted by atomic mass is 10.2. The number of aromatic nitrogens is 1. The van der Waals surface area contributed by atoms with Gasteiger partial charge in [0.05, 0.1) is 19.2 Å². The summed E-state index contributed by atoms with van der Waals surface area (Å²) in [6, 6.07) is 12.8. The number of hydrogen-bond donors (Lipinski definition) is 1. The molecule has 1 fully saturated rings. The van der Waals surface area contributed by atoms with Crippen LogP contribution in [0.1, 0.15) is 10.4 Å². The molecular weight excluding hydrogens is 332 g/mol. The van der Waals surface area contributed by atoms with E-state index in [-0.39, 0.29) is 12.5 Å². The topological polar surface area (TPSA) is 74.8 Å². The third-order valence-corrected chi connectivity index (χ3v) is 4.33. The Labute approximate surface area is 152 Å². The Balaban J connectivity index is 1.50. The molecule has 1 N–H and O–H groups in total. The highest BCUT2D eigenvalue weighted by molar-refractivity contribution is 5.90. The Morgan fingerprint density at radius 2 is 1.92 bits per heavy atom. The van der Waals surface area contributed by atoms with Gasteiger partial charge in [0.25, 0.3) is 0 Å². The van der Waals surface area contributed by atoms with E-state index < -0.39 is 5.97 Å². The van der Waals surface area contributed by atoms with Crippen LogP contribution in [0.4, 0.5) is 11.5 Å². The number of nitrogens with zero attached hydrogens (tertiary/aromatic N) is 3. The molecule has 1 aromatic carbocycles. The van der Waals surface area contributed by atoms with Gasteiger partial charge in [-0.05, 0) is 30.3 Å². The van der Waals surface area contributed by atoms with Crippen molar-refractivity contribution in [3.05, 3.63) is 54.2 Å². The average molecular weight is 354 g/mol. The molecule has 2 heterocycles. The van der Waals surface area contributed by atoms with E-state index in [0.717, 1.165) is 18.9 Å². The lowest BCUT2D eigenvalue weighted by molar-refractivity contribution is -0.129. The van der Waals surface area contributed by atoms with Gasteiger partial charge in [-0.25, -0.2) is 9.78 Å². The largest absolute Gasteiger partial charge is 0.465 e. The molecule has 0 bridgehead atoms. The van der Waals surface area contributed by atoms with Crippen LogP contribution in [-0.4, -0.2) is 61.6 Å². The van der Waals surface area contributed by atoms with Crippen LogP contribution in [0, 0.1) is 0 Å². The second kappa shape index (κ2) is 8.33. The SMILES string of the molecule is COC(=O)c1cccc(NCC(=O)N2CCN(c3ccccn3)CC2)c1. The fourth-order valence-electron chi connectivity index (χ4n) is 2.89. The Hall–Kier alpha value is -3.09. The zero-order chi connectivity index (χ0) is 18.4. The first kappa shape index (κ1) is 17.7. The summed E-state index contributed by atoms with van der Waals surface area (Å²) in [7, 11) is 1.34. The summed E-state index contributed by atoms with van der Waals surface area (Å²) >= 11 is 0. The first-order valence-electron chi connectivity index (χ1n) is 8.53. The van der Waals surface area contributed by atoms with Gasteiger partial charge < -0.3 is 19.9 Å². The van der Waals surface area contributed by atoms with E-state index in [4.69, 9.17) is 4.74 Å². The second-order valence-electron chi connectivity index (χ2n) is 5.98. The number of amides is 1. The Bertz CT molecular complexity index is 758. The van der Waals surface area contributed by atoms with Gasteiger partial charge in [-0.15, -0.1) is 0 Å². The summed E-state index contributed by atoms with van der Waals surface area (Å²) in [6.07, 6.45) is 1.78. The minimum atomic E-state index is -0.398. The maximum Gasteiger partial charge on any atom is 0.337 e. The van der Waals surface area contributed by atoms with Crippen LogP contribution in [0.25, 0.3) is 0 Å². The molecule has 1 aromatic heterocycles. The van der Waals surface area contributed by atoms with Gasteiger partial charge in [0.15, 0.2) is 0 Å². The third kappa shape index (κ3) is 4.30. The first-order valence-corrected chi connectivity index (χ1v) is 8.53. The Kier molecular flexibility index (Phi) is 5.68. The molecule has 0 aliphatic carbocycles. The van der Waals surface area contributed by atoms with Crippen LogP contribution in [0.15, 0.2) is 48.7 Å². The quantitative estimate of drug-likeness (QED) is 0.823. The van der Waals surface area contributed by atoms with Gasteiger partial charge in [-0.1, -0.05) is 12.1 Å². The zero-order valence-corrected chi connectivity index (χ0v) is 14.7. The predicted molar refractivity (Wildman–Crippen MR) is 99.3 cm³/mol. The summed E-state index contributed by atoms with van der Waals surface area (Å²) in [5.74, 6) is 0.581. The van der Waals surface area contributed by atoms with E-state index in [1.807, 2.05) is 29.2 Å². The number of carbonyl (C=O) groups excluding carboxylic acids is 2.